The van der Waals surface area contributed by atoms with Crippen molar-refractivity contribution in [2.24, 2.45) is 0 Å². The van der Waals surface area contributed by atoms with Crippen LogP contribution in [0.15, 0.2) is 36.4 Å². The molecular weight excluding hydrogens is 325 g/mol. The highest BCUT2D eigenvalue weighted by atomic mass is 35.5. The highest BCUT2D eigenvalue weighted by molar-refractivity contribution is 6.42. The van der Waals surface area contributed by atoms with Gasteiger partial charge in [0.25, 0.3) is 5.91 Å². The summed E-state index contributed by atoms with van der Waals surface area (Å²) in [6, 6.07) is 10.4. The number of amides is 1. The zero-order chi connectivity index (χ0) is 15.7. The summed E-state index contributed by atoms with van der Waals surface area (Å²) < 4.78 is 0. The van der Waals surface area contributed by atoms with Crippen LogP contribution in [0.1, 0.15) is 21.7 Å². The van der Waals surface area contributed by atoms with Crippen molar-refractivity contribution >= 4 is 40.1 Å². The van der Waals surface area contributed by atoms with Crippen LogP contribution in [-0.2, 0) is 6.42 Å². The quantitative estimate of drug-likeness (QED) is 0.505. The summed E-state index contributed by atoms with van der Waals surface area (Å²) in [4.78, 5) is 19.0. The Hall–Kier alpha value is -2.08. The summed E-state index contributed by atoms with van der Waals surface area (Å²) >= 11 is 12.0. The van der Waals surface area contributed by atoms with Crippen LogP contribution in [0.2, 0.25) is 10.0 Å². The largest absolute Gasteiger partial charge is 0.342 e. The SMILES string of the molecule is O=C(NO)c1cccc(Cc2nc3cc(Cl)c(Cl)cc3[nH]2)c1. The molecule has 1 amide bonds. The number of carbonyl (C=O) groups is 1. The van der Waals surface area contributed by atoms with Gasteiger partial charge in [0.15, 0.2) is 0 Å². The van der Waals surface area contributed by atoms with E-state index < -0.39 is 5.91 Å². The summed E-state index contributed by atoms with van der Waals surface area (Å²) in [5.74, 6) is 0.180. The van der Waals surface area contributed by atoms with Gasteiger partial charge in [-0.2, -0.15) is 0 Å². The first-order valence-corrected chi connectivity index (χ1v) is 7.19. The van der Waals surface area contributed by atoms with Crippen LogP contribution in [0.4, 0.5) is 0 Å². The molecular formula is C15H11Cl2N3O2. The Labute approximate surface area is 135 Å². The Kier molecular flexibility index (Phi) is 4.02. The number of imidazole rings is 1. The van der Waals surface area contributed by atoms with Crippen molar-refractivity contribution in [2.45, 2.75) is 6.42 Å². The molecule has 3 aromatic rings. The Morgan fingerprint density at radius 2 is 2.00 bits per heavy atom. The van der Waals surface area contributed by atoms with E-state index in [1.807, 2.05) is 6.07 Å². The van der Waals surface area contributed by atoms with Crippen LogP contribution >= 0.6 is 23.2 Å². The fourth-order valence-electron chi connectivity index (χ4n) is 2.22. The molecule has 0 saturated heterocycles. The highest BCUT2D eigenvalue weighted by Gasteiger charge is 2.09. The van der Waals surface area contributed by atoms with Crippen LogP contribution in [0.3, 0.4) is 0 Å². The number of hydroxylamine groups is 1. The first-order chi connectivity index (χ1) is 10.6. The number of aromatic nitrogens is 2. The summed E-state index contributed by atoms with van der Waals surface area (Å²) in [5, 5.41) is 9.59. The van der Waals surface area contributed by atoms with Gasteiger partial charge in [-0.3, -0.25) is 10.0 Å². The van der Waals surface area contributed by atoms with Crippen molar-refractivity contribution < 1.29 is 10.0 Å². The summed E-state index contributed by atoms with van der Waals surface area (Å²) in [6.45, 7) is 0. The topological polar surface area (TPSA) is 78.0 Å². The third-order valence-electron chi connectivity index (χ3n) is 3.24. The predicted molar refractivity (Wildman–Crippen MR) is 84.6 cm³/mol. The maximum Gasteiger partial charge on any atom is 0.274 e. The second-order valence-electron chi connectivity index (χ2n) is 4.79. The lowest BCUT2D eigenvalue weighted by molar-refractivity contribution is 0.0706. The van der Waals surface area contributed by atoms with Crippen LogP contribution in [-0.4, -0.2) is 21.1 Å². The normalized spacial score (nSPS) is 10.9. The molecule has 3 N–H and O–H groups in total. The van der Waals surface area contributed by atoms with E-state index in [2.05, 4.69) is 9.97 Å². The van der Waals surface area contributed by atoms with Gasteiger partial charge in [-0.1, -0.05) is 35.3 Å². The van der Waals surface area contributed by atoms with E-state index >= 15 is 0 Å². The van der Waals surface area contributed by atoms with Gasteiger partial charge in [0, 0.05) is 12.0 Å². The zero-order valence-corrected chi connectivity index (χ0v) is 12.7. The average molecular weight is 336 g/mol. The third kappa shape index (κ3) is 2.92. The van der Waals surface area contributed by atoms with E-state index in [1.165, 1.54) is 0 Å². The smallest absolute Gasteiger partial charge is 0.274 e. The Bertz CT molecular complexity index is 822. The van der Waals surface area contributed by atoms with E-state index in [1.54, 1.807) is 35.8 Å². The number of aromatic amines is 1. The highest BCUT2D eigenvalue weighted by Crippen LogP contribution is 2.27. The lowest BCUT2D eigenvalue weighted by Crippen LogP contribution is -2.18. The number of hydrogen-bond donors (Lipinski definition) is 3. The van der Waals surface area contributed by atoms with Gasteiger partial charge in [0.2, 0.25) is 0 Å². The van der Waals surface area contributed by atoms with E-state index in [0.717, 1.165) is 22.4 Å². The van der Waals surface area contributed by atoms with E-state index in [4.69, 9.17) is 28.4 Å². The molecule has 0 radical (unpaired) electrons. The molecule has 1 heterocycles. The molecule has 0 spiro atoms. The molecule has 1 aromatic heterocycles. The molecule has 112 valence electrons. The maximum atomic E-state index is 11.4. The second kappa shape index (κ2) is 5.96. The Morgan fingerprint density at radius 1 is 1.23 bits per heavy atom. The molecule has 0 fully saturated rings. The number of carbonyl (C=O) groups excluding carboxylic acids is 1. The number of H-pyrrole nitrogens is 1. The predicted octanol–water partition coefficient (Wildman–Crippen LogP) is 3.58. The van der Waals surface area contributed by atoms with Gasteiger partial charge in [0.05, 0.1) is 21.1 Å². The molecule has 0 bridgehead atoms. The standard InChI is InChI=1S/C15H11Cl2N3O2/c16-10-6-12-13(7-11(10)17)19-14(18-12)5-8-2-1-3-9(4-8)15(21)20-22/h1-4,6-7,22H,5H2,(H,18,19)(H,20,21). The molecule has 0 aliphatic carbocycles. The molecule has 0 saturated carbocycles. The molecule has 7 heteroatoms. The van der Waals surface area contributed by atoms with Crippen molar-refractivity contribution in [3.8, 4) is 0 Å². The lowest BCUT2D eigenvalue weighted by Gasteiger charge is -2.02. The van der Waals surface area contributed by atoms with Crippen molar-refractivity contribution in [3.05, 3.63) is 63.4 Å². The summed E-state index contributed by atoms with van der Waals surface area (Å²) in [7, 11) is 0. The van der Waals surface area contributed by atoms with Gasteiger partial charge in [-0.05, 0) is 29.8 Å². The number of nitrogens with one attached hydrogen (secondary N) is 2. The van der Waals surface area contributed by atoms with Crippen molar-refractivity contribution in [3.63, 3.8) is 0 Å². The van der Waals surface area contributed by atoms with Crippen molar-refractivity contribution in [2.75, 3.05) is 0 Å². The summed E-state index contributed by atoms with van der Waals surface area (Å²) in [5.41, 5.74) is 4.41. The molecule has 0 unspecified atom stereocenters. The molecule has 5 nitrogen and oxygen atoms in total. The summed E-state index contributed by atoms with van der Waals surface area (Å²) in [6.07, 6.45) is 0.510. The molecule has 3 rings (SSSR count). The number of fused-ring (bicyclic) bond motifs is 1. The zero-order valence-electron chi connectivity index (χ0n) is 11.2. The van der Waals surface area contributed by atoms with Crippen LogP contribution in [0.25, 0.3) is 11.0 Å². The minimum atomic E-state index is -0.551. The van der Waals surface area contributed by atoms with E-state index in [0.29, 0.717) is 22.0 Å². The van der Waals surface area contributed by atoms with Gasteiger partial charge in [-0.15, -0.1) is 0 Å². The fraction of sp³-hybridized carbons (Fsp3) is 0.0667. The molecule has 0 aliphatic rings. The first-order valence-electron chi connectivity index (χ1n) is 6.44. The third-order valence-corrected chi connectivity index (χ3v) is 3.96. The van der Waals surface area contributed by atoms with Crippen molar-refractivity contribution in [1.29, 1.82) is 0 Å². The van der Waals surface area contributed by atoms with Gasteiger partial charge >= 0.3 is 0 Å². The number of halogens is 2. The molecule has 22 heavy (non-hydrogen) atoms. The number of rotatable bonds is 3. The minimum absolute atomic E-state index is 0.377. The maximum absolute atomic E-state index is 11.4. The fourth-order valence-corrected chi connectivity index (χ4v) is 2.54. The van der Waals surface area contributed by atoms with Gasteiger partial charge in [0.1, 0.15) is 5.82 Å². The first kappa shape index (κ1) is 14.8. The molecule has 2 aromatic carbocycles. The van der Waals surface area contributed by atoms with Crippen LogP contribution < -0.4 is 5.48 Å². The van der Waals surface area contributed by atoms with Gasteiger partial charge < -0.3 is 4.98 Å². The minimum Gasteiger partial charge on any atom is -0.342 e. The number of benzene rings is 2. The van der Waals surface area contributed by atoms with Crippen LogP contribution in [0, 0.1) is 0 Å². The van der Waals surface area contributed by atoms with Gasteiger partial charge in [-0.25, -0.2) is 10.5 Å². The lowest BCUT2D eigenvalue weighted by atomic mass is 10.1. The van der Waals surface area contributed by atoms with E-state index in [9.17, 15) is 4.79 Å². The average Bonchev–Trinajstić information content (AvgIpc) is 2.88. The monoisotopic (exact) mass is 335 g/mol. The molecule has 0 atom stereocenters. The molecule has 0 aliphatic heterocycles. The Balaban J connectivity index is 1.91. The second-order valence-corrected chi connectivity index (χ2v) is 5.60. The number of hydrogen-bond acceptors (Lipinski definition) is 3. The van der Waals surface area contributed by atoms with E-state index in [-0.39, 0.29) is 0 Å². The Morgan fingerprint density at radius 3 is 2.77 bits per heavy atom. The van der Waals surface area contributed by atoms with Crippen molar-refractivity contribution in [1.82, 2.24) is 15.4 Å². The van der Waals surface area contributed by atoms with Crippen LogP contribution in [0.5, 0.6) is 0 Å². The number of nitrogens with zero attached hydrogens (tertiary/aromatic N) is 1.